The second-order valence-corrected chi connectivity index (χ2v) is 4.30. The average molecular weight is 271 g/mol. The first-order valence-corrected chi connectivity index (χ1v) is 5.75. The van der Waals surface area contributed by atoms with Crippen molar-refractivity contribution in [2.24, 2.45) is 0 Å². The van der Waals surface area contributed by atoms with E-state index in [1.807, 2.05) is 25.1 Å². The Hall–Kier alpha value is -0.830. The molecule has 3 heteroatoms. The van der Waals surface area contributed by atoms with Gasteiger partial charge in [-0.1, -0.05) is 35.0 Å². The van der Waals surface area contributed by atoms with Crippen LogP contribution >= 0.6 is 15.9 Å². The van der Waals surface area contributed by atoms with Crippen molar-refractivity contribution >= 4 is 21.9 Å². The van der Waals surface area contributed by atoms with Gasteiger partial charge in [0.15, 0.2) is 0 Å². The predicted octanol–water partition coefficient (Wildman–Crippen LogP) is 3.29. The third-order valence-corrected chi connectivity index (χ3v) is 3.25. The number of carbonyl (C=O) groups is 1. The number of hydrogen-bond donors (Lipinski definition) is 0. The van der Waals surface area contributed by atoms with Gasteiger partial charge in [0.2, 0.25) is 0 Å². The minimum Gasteiger partial charge on any atom is -0.469 e. The lowest BCUT2D eigenvalue weighted by Crippen LogP contribution is -2.10. The number of carbonyl (C=O) groups excluding carboxylic acids is 1. The molecule has 0 amide bonds. The van der Waals surface area contributed by atoms with E-state index in [4.69, 9.17) is 4.74 Å². The van der Waals surface area contributed by atoms with Gasteiger partial charge in [0.05, 0.1) is 13.0 Å². The molecule has 0 saturated heterocycles. The third kappa shape index (κ3) is 2.81. The molecule has 1 atom stereocenters. The van der Waals surface area contributed by atoms with Crippen molar-refractivity contribution in [2.75, 3.05) is 7.11 Å². The Kier molecular flexibility index (Phi) is 4.33. The van der Waals surface area contributed by atoms with Gasteiger partial charge in [-0.05, 0) is 30.5 Å². The lowest BCUT2D eigenvalue weighted by atomic mass is 9.99. The number of hydrogen-bond acceptors (Lipinski definition) is 2. The van der Waals surface area contributed by atoms with Crippen LogP contribution in [0.3, 0.4) is 0 Å². The highest BCUT2D eigenvalue weighted by atomic mass is 79.9. The lowest BCUT2D eigenvalue weighted by molar-refractivity contribution is -0.141. The van der Waals surface area contributed by atoms with E-state index in [2.05, 4.69) is 22.9 Å². The van der Waals surface area contributed by atoms with Gasteiger partial charge in [-0.25, -0.2) is 0 Å². The smallest absolute Gasteiger partial charge is 0.312 e. The Labute approximate surface area is 98.8 Å². The molecule has 1 rings (SSSR count). The molecular weight excluding hydrogens is 256 g/mol. The zero-order chi connectivity index (χ0) is 11.4. The van der Waals surface area contributed by atoms with Crippen LogP contribution in [0.2, 0.25) is 0 Å². The molecule has 1 unspecified atom stereocenters. The number of rotatable bonds is 3. The summed E-state index contributed by atoms with van der Waals surface area (Å²) in [5, 5.41) is 0. The van der Waals surface area contributed by atoms with Gasteiger partial charge in [-0.15, -0.1) is 0 Å². The summed E-state index contributed by atoms with van der Waals surface area (Å²) in [4.78, 5) is 11.3. The molecule has 0 aliphatic carbocycles. The molecule has 15 heavy (non-hydrogen) atoms. The third-order valence-electron chi connectivity index (χ3n) is 2.51. The molecule has 0 saturated carbocycles. The largest absolute Gasteiger partial charge is 0.469 e. The van der Waals surface area contributed by atoms with E-state index in [0.29, 0.717) is 0 Å². The molecule has 0 aromatic heterocycles. The molecule has 82 valence electrons. The molecule has 0 aliphatic heterocycles. The normalized spacial score (nSPS) is 12.3. The molecule has 1 aromatic rings. The highest BCUT2D eigenvalue weighted by Gasteiger charge is 2.16. The number of ether oxygens (including phenoxy) is 1. The summed E-state index contributed by atoms with van der Waals surface area (Å²) in [6, 6.07) is 6.00. The summed E-state index contributed by atoms with van der Waals surface area (Å²) in [6.45, 7) is 3.95. The standard InChI is InChI=1S/C12H15BrO2/c1-4-9-5-6-10(7-11(9)13)8(2)12(14)15-3/h5-8H,4H2,1-3H3. The number of aryl methyl sites for hydroxylation is 1. The van der Waals surface area contributed by atoms with E-state index >= 15 is 0 Å². The van der Waals surface area contributed by atoms with E-state index in [9.17, 15) is 4.79 Å². The second kappa shape index (κ2) is 5.31. The van der Waals surface area contributed by atoms with Crippen LogP contribution in [0, 0.1) is 0 Å². The van der Waals surface area contributed by atoms with Gasteiger partial charge in [0, 0.05) is 4.47 Å². The Bertz CT molecular complexity index is 361. The Balaban J connectivity index is 2.97. The highest BCUT2D eigenvalue weighted by Crippen LogP contribution is 2.24. The fourth-order valence-electron chi connectivity index (χ4n) is 1.43. The van der Waals surface area contributed by atoms with Crippen LogP contribution in [-0.2, 0) is 16.0 Å². The second-order valence-electron chi connectivity index (χ2n) is 3.45. The van der Waals surface area contributed by atoms with Gasteiger partial charge in [0.1, 0.15) is 0 Å². The zero-order valence-corrected chi connectivity index (χ0v) is 10.8. The first-order valence-electron chi connectivity index (χ1n) is 4.96. The van der Waals surface area contributed by atoms with Gasteiger partial charge in [-0.2, -0.15) is 0 Å². The Morgan fingerprint density at radius 1 is 1.53 bits per heavy atom. The SMILES string of the molecule is CCc1ccc(C(C)C(=O)OC)cc1Br. The van der Waals surface area contributed by atoms with Crippen LogP contribution in [0.1, 0.15) is 30.9 Å². The van der Waals surface area contributed by atoms with Crippen LogP contribution in [0.25, 0.3) is 0 Å². The number of benzene rings is 1. The van der Waals surface area contributed by atoms with Gasteiger partial charge in [-0.3, -0.25) is 4.79 Å². The highest BCUT2D eigenvalue weighted by molar-refractivity contribution is 9.10. The van der Waals surface area contributed by atoms with Crippen molar-refractivity contribution in [1.29, 1.82) is 0 Å². The van der Waals surface area contributed by atoms with Crippen molar-refractivity contribution in [3.63, 3.8) is 0 Å². The van der Waals surface area contributed by atoms with Crippen LogP contribution in [-0.4, -0.2) is 13.1 Å². The summed E-state index contributed by atoms with van der Waals surface area (Å²) in [6.07, 6.45) is 0.980. The van der Waals surface area contributed by atoms with Crippen LogP contribution in [0.15, 0.2) is 22.7 Å². The van der Waals surface area contributed by atoms with Crippen molar-refractivity contribution < 1.29 is 9.53 Å². The zero-order valence-electron chi connectivity index (χ0n) is 9.21. The van der Waals surface area contributed by atoms with E-state index in [-0.39, 0.29) is 11.9 Å². The van der Waals surface area contributed by atoms with E-state index in [0.717, 1.165) is 16.5 Å². The van der Waals surface area contributed by atoms with Gasteiger partial charge >= 0.3 is 5.97 Å². The summed E-state index contributed by atoms with van der Waals surface area (Å²) < 4.78 is 5.76. The fraction of sp³-hybridized carbons (Fsp3) is 0.417. The molecule has 0 N–H and O–H groups in total. The molecular formula is C12H15BrO2. The van der Waals surface area contributed by atoms with E-state index in [1.165, 1.54) is 12.7 Å². The quantitative estimate of drug-likeness (QED) is 0.788. The van der Waals surface area contributed by atoms with Gasteiger partial charge in [0.25, 0.3) is 0 Å². The van der Waals surface area contributed by atoms with Crippen molar-refractivity contribution in [3.05, 3.63) is 33.8 Å². The number of halogens is 1. The average Bonchev–Trinajstić information content (AvgIpc) is 2.26. The maximum absolute atomic E-state index is 11.3. The fourth-order valence-corrected chi connectivity index (χ4v) is 2.11. The van der Waals surface area contributed by atoms with Crippen molar-refractivity contribution in [1.82, 2.24) is 0 Å². The molecule has 0 bridgehead atoms. The first kappa shape index (κ1) is 12.2. The summed E-state index contributed by atoms with van der Waals surface area (Å²) >= 11 is 3.49. The minimum atomic E-state index is -0.211. The molecule has 0 fully saturated rings. The Morgan fingerprint density at radius 3 is 2.67 bits per heavy atom. The summed E-state index contributed by atoms with van der Waals surface area (Å²) in [5.41, 5.74) is 2.22. The number of methoxy groups -OCH3 is 1. The molecule has 0 radical (unpaired) electrons. The van der Waals surface area contributed by atoms with Gasteiger partial charge < -0.3 is 4.74 Å². The van der Waals surface area contributed by atoms with Crippen LogP contribution in [0.4, 0.5) is 0 Å². The maximum Gasteiger partial charge on any atom is 0.312 e. The van der Waals surface area contributed by atoms with Crippen molar-refractivity contribution in [2.45, 2.75) is 26.2 Å². The first-order chi connectivity index (χ1) is 7.10. The maximum atomic E-state index is 11.3. The van der Waals surface area contributed by atoms with Crippen molar-refractivity contribution in [3.8, 4) is 0 Å². The number of esters is 1. The summed E-state index contributed by atoms with van der Waals surface area (Å²) in [7, 11) is 1.41. The molecule has 0 spiro atoms. The van der Waals surface area contributed by atoms with E-state index in [1.54, 1.807) is 0 Å². The molecule has 0 heterocycles. The molecule has 0 aliphatic rings. The van der Waals surface area contributed by atoms with E-state index < -0.39 is 0 Å². The topological polar surface area (TPSA) is 26.3 Å². The van der Waals surface area contributed by atoms with Crippen LogP contribution < -0.4 is 0 Å². The molecule has 2 nitrogen and oxygen atoms in total. The predicted molar refractivity (Wildman–Crippen MR) is 64.0 cm³/mol. The molecule has 1 aromatic carbocycles. The monoisotopic (exact) mass is 270 g/mol. The minimum absolute atomic E-state index is 0.203. The Morgan fingerprint density at radius 2 is 2.20 bits per heavy atom. The summed E-state index contributed by atoms with van der Waals surface area (Å²) in [5.74, 6) is -0.414. The van der Waals surface area contributed by atoms with Crippen LogP contribution in [0.5, 0.6) is 0 Å². The lowest BCUT2D eigenvalue weighted by Gasteiger charge is -2.11.